The van der Waals surface area contributed by atoms with Gasteiger partial charge in [-0.1, -0.05) is 41.0 Å². The highest BCUT2D eigenvalue weighted by molar-refractivity contribution is 7.99. The zero-order chi connectivity index (χ0) is 23.1. The van der Waals surface area contributed by atoms with Gasteiger partial charge in [0.25, 0.3) is 0 Å². The van der Waals surface area contributed by atoms with Gasteiger partial charge in [0, 0.05) is 19.6 Å². The second-order valence-electron chi connectivity index (χ2n) is 7.54. The van der Waals surface area contributed by atoms with Crippen LogP contribution in [0.25, 0.3) is 11.6 Å². The van der Waals surface area contributed by atoms with Crippen LogP contribution in [0.1, 0.15) is 18.9 Å². The number of halogens is 2. The number of thioether (sulfide) groups is 1. The van der Waals surface area contributed by atoms with E-state index in [1.807, 2.05) is 54.8 Å². The standard InChI is InChI=1S/C22H27Cl2N5O2S/c1-4-29-21(19-7-5-12-31-19)25-26-22(29)32-15-20(30)28(11-6-10-27(2)3)14-16-8-9-17(23)18(24)13-16/h5,7-9,12-13H,4,6,10-11,14-15H2,1-3H3. The van der Waals surface area contributed by atoms with E-state index in [-0.39, 0.29) is 11.7 Å². The second-order valence-corrected chi connectivity index (χ2v) is 9.29. The third kappa shape index (κ3) is 6.51. The van der Waals surface area contributed by atoms with Crippen molar-refractivity contribution in [1.82, 2.24) is 24.6 Å². The fourth-order valence-corrected chi connectivity index (χ4v) is 4.44. The van der Waals surface area contributed by atoms with E-state index in [1.54, 1.807) is 12.3 Å². The maximum atomic E-state index is 13.1. The van der Waals surface area contributed by atoms with Crippen LogP contribution in [0.3, 0.4) is 0 Å². The fraction of sp³-hybridized carbons (Fsp3) is 0.409. The third-order valence-electron chi connectivity index (χ3n) is 4.84. The van der Waals surface area contributed by atoms with Crippen molar-refractivity contribution in [3.63, 3.8) is 0 Å². The molecular formula is C22H27Cl2N5O2S. The number of hydrogen-bond donors (Lipinski definition) is 0. The molecule has 0 radical (unpaired) electrons. The maximum Gasteiger partial charge on any atom is 0.233 e. The molecule has 1 amide bonds. The van der Waals surface area contributed by atoms with Crippen LogP contribution in [-0.4, -0.2) is 63.4 Å². The van der Waals surface area contributed by atoms with Gasteiger partial charge in [0.05, 0.1) is 22.1 Å². The number of benzene rings is 1. The molecule has 0 atom stereocenters. The fourth-order valence-electron chi connectivity index (χ4n) is 3.21. The van der Waals surface area contributed by atoms with E-state index in [1.165, 1.54) is 11.8 Å². The summed E-state index contributed by atoms with van der Waals surface area (Å²) >= 11 is 13.6. The molecule has 0 saturated heterocycles. The summed E-state index contributed by atoms with van der Waals surface area (Å²) in [5, 5.41) is 10.2. The Morgan fingerprint density at radius 2 is 1.97 bits per heavy atom. The van der Waals surface area contributed by atoms with Gasteiger partial charge in [-0.15, -0.1) is 10.2 Å². The van der Waals surface area contributed by atoms with Crippen molar-refractivity contribution in [2.45, 2.75) is 31.6 Å². The topological polar surface area (TPSA) is 67.4 Å². The van der Waals surface area contributed by atoms with Crippen LogP contribution in [0.5, 0.6) is 0 Å². The molecule has 3 rings (SSSR count). The maximum absolute atomic E-state index is 13.1. The van der Waals surface area contributed by atoms with Crippen molar-refractivity contribution >= 4 is 40.9 Å². The van der Waals surface area contributed by atoms with Crippen LogP contribution in [0, 0.1) is 0 Å². The molecule has 2 heterocycles. The molecule has 172 valence electrons. The minimum absolute atomic E-state index is 0.0324. The summed E-state index contributed by atoms with van der Waals surface area (Å²) in [6, 6.07) is 9.13. The van der Waals surface area contributed by atoms with Crippen LogP contribution in [0.15, 0.2) is 46.2 Å². The molecule has 0 unspecified atom stereocenters. The number of rotatable bonds is 11. The summed E-state index contributed by atoms with van der Waals surface area (Å²) in [4.78, 5) is 17.1. The minimum Gasteiger partial charge on any atom is -0.461 e. The highest BCUT2D eigenvalue weighted by Crippen LogP contribution is 2.26. The zero-order valence-corrected chi connectivity index (χ0v) is 20.8. The first-order chi connectivity index (χ1) is 15.4. The van der Waals surface area contributed by atoms with E-state index in [0.717, 1.165) is 18.5 Å². The van der Waals surface area contributed by atoms with Crippen molar-refractivity contribution in [2.24, 2.45) is 0 Å². The van der Waals surface area contributed by atoms with Gasteiger partial charge in [-0.05, 0) is 63.8 Å². The van der Waals surface area contributed by atoms with E-state index in [0.29, 0.717) is 46.4 Å². The molecule has 1 aromatic carbocycles. The number of carbonyl (C=O) groups is 1. The predicted octanol–water partition coefficient (Wildman–Crippen LogP) is 4.94. The average molecular weight is 496 g/mol. The summed E-state index contributed by atoms with van der Waals surface area (Å²) in [6.45, 7) is 4.71. The van der Waals surface area contributed by atoms with E-state index in [9.17, 15) is 4.79 Å². The van der Waals surface area contributed by atoms with Crippen LogP contribution >= 0.6 is 35.0 Å². The Balaban J connectivity index is 1.69. The van der Waals surface area contributed by atoms with E-state index < -0.39 is 0 Å². The van der Waals surface area contributed by atoms with Crippen LogP contribution < -0.4 is 0 Å². The van der Waals surface area contributed by atoms with Gasteiger partial charge in [0.2, 0.25) is 5.91 Å². The smallest absolute Gasteiger partial charge is 0.233 e. The molecule has 0 fully saturated rings. The van der Waals surface area contributed by atoms with Crippen molar-refractivity contribution in [3.05, 3.63) is 52.2 Å². The number of carbonyl (C=O) groups excluding carboxylic acids is 1. The number of furan rings is 1. The monoisotopic (exact) mass is 495 g/mol. The highest BCUT2D eigenvalue weighted by atomic mass is 35.5. The molecule has 10 heteroatoms. The Hall–Kier alpha value is -2.00. The molecule has 2 aromatic heterocycles. The molecule has 3 aromatic rings. The molecule has 0 aliphatic carbocycles. The molecule has 32 heavy (non-hydrogen) atoms. The van der Waals surface area contributed by atoms with Crippen LogP contribution in [0.4, 0.5) is 0 Å². The number of hydrogen-bond acceptors (Lipinski definition) is 6. The lowest BCUT2D eigenvalue weighted by Gasteiger charge is -2.24. The highest BCUT2D eigenvalue weighted by Gasteiger charge is 2.19. The SMILES string of the molecule is CCn1c(SCC(=O)N(CCCN(C)C)Cc2ccc(Cl)c(Cl)c2)nnc1-c1ccco1. The molecule has 0 aliphatic rings. The van der Waals surface area contributed by atoms with E-state index >= 15 is 0 Å². The number of nitrogens with zero attached hydrogens (tertiary/aromatic N) is 5. The summed E-state index contributed by atoms with van der Waals surface area (Å²) < 4.78 is 7.41. The molecule has 7 nitrogen and oxygen atoms in total. The van der Waals surface area contributed by atoms with Crippen molar-refractivity contribution < 1.29 is 9.21 Å². The normalized spacial score (nSPS) is 11.3. The first-order valence-corrected chi connectivity index (χ1v) is 12.1. The largest absolute Gasteiger partial charge is 0.461 e. The van der Waals surface area contributed by atoms with E-state index in [2.05, 4.69) is 15.1 Å². The molecule has 0 saturated carbocycles. The van der Waals surface area contributed by atoms with Gasteiger partial charge in [0.15, 0.2) is 16.7 Å². The first-order valence-electron chi connectivity index (χ1n) is 10.3. The summed E-state index contributed by atoms with van der Waals surface area (Å²) in [7, 11) is 4.05. The van der Waals surface area contributed by atoms with Crippen molar-refractivity contribution in [3.8, 4) is 11.6 Å². The minimum atomic E-state index is 0.0324. The van der Waals surface area contributed by atoms with Gasteiger partial charge in [-0.2, -0.15) is 0 Å². The number of amides is 1. The number of aromatic nitrogens is 3. The molecular weight excluding hydrogens is 469 g/mol. The lowest BCUT2D eigenvalue weighted by atomic mass is 10.2. The van der Waals surface area contributed by atoms with Gasteiger partial charge in [0.1, 0.15) is 0 Å². The first kappa shape index (κ1) is 24.6. The van der Waals surface area contributed by atoms with E-state index in [4.69, 9.17) is 27.6 Å². The molecule has 0 bridgehead atoms. The third-order valence-corrected chi connectivity index (χ3v) is 6.53. The Kier molecular flexibility index (Phi) is 9.04. The van der Waals surface area contributed by atoms with Crippen molar-refractivity contribution in [1.29, 1.82) is 0 Å². The van der Waals surface area contributed by atoms with Crippen LogP contribution in [-0.2, 0) is 17.9 Å². The zero-order valence-electron chi connectivity index (χ0n) is 18.4. The Labute approximate surface area is 202 Å². The summed E-state index contributed by atoms with van der Waals surface area (Å²) in [5.41, 5.74) is 0.944. The lowest BCUT2D eigenvalue weighted by Crippen LogP contribution is -2.34. The second kappa shape index (κ2) is 11.7. The van der Waals surface area contributed by atoms with Gasteiger partial charge in [-0.3, -0.25) is 9.36 Å². The van der Waals surface area contributed by atoms with Crippen LogP contribution in [0.2, 0.25) is 10.0 Å². The lowest BCUT2D eigenvalue weighted by molar-refractivity contribution is -0.129. The Morgan fingerprint density at radius 1 is 1.16 bits per heavy atom. The Morgan fingerprint density at radius 3 is 2.62 bits per heavy atom. The van der Waals surface area contributed by atoms with Gasteiger partial charge in [-0.25, -0.2) is 0 Å². The Bertz CT molecular complexity index is 1020. The molecule has 0 aliphatic heterocycles. The van der Waals surface area contributed by atoms with Gasteiger partial charge >= 0.3 is 0 Å². The quantitative estimate of drug-likeness (QED) is 0.351. The van der Waals surface area contributed by atoms with Gasteiger partial charge < -0.3 is 14.2 Å². The molecule has 0 N–H and O–H groups in total. The summed E-state index contributed by atoms with van der Waals surface area (Å²) in [5.74, 6) is 1.61. The molecule has 0 spiro atoms. The van der Waals surface area contributed by atoms with Crippen molar-refractivity contribution in [2.75, 3.05) is 32.9 Å². The average Bonchev–Trinajstić information content (AvgIpc) is 3.42. The predicted molar refractivity (Wildman–Crippen MR) is 129 cm³/mol. The summed E-state index contributed by atoms with van der Waals surface area (Å²) in [6.07, 6.45) is 2.48.